The SMILES string of the molecule is N=C(N)CNCCCCCCCn1ccn(CCCCOc2ccc(C(=N)N)cc2)c1=N. The van der Waals surface area contributed by atoms with Gasteiger partial charge in [0, 0.05) is 31.0 Å². The molecule has 176 valence electrons. The number of amidine groups is 2. The van der Waals surface area contributed by atoms with Crippen molar-refractivity contribution >= 4 is 11.7 Å². The van der Waals surface area contributed by atoms with Gasteiger partial charge in [-0.2, -0.15) is 0 Å². The van der Waals surface area contributed by atoms with Crippen molar-refractivity contribution in [3.63, 3.8) is 0 Å². The summed E-state index contributed by atoms with van der Waals surface area (Å²) in [7, 11) is 0. The van der Waals surface area contributed by atoms with Crippen LogP contribution < -0.4 is 27.1 Å². The highest BCUT2D eigenvalue weighted by Crippen LogP contribution is 2.12. The lowest BCUT2D eigenvalue weighted by atomic mass is 10.1. The lowest BCUT2D eigenvalue weighted by Crippen LogP contribution is -2.28. The zero-order chi connectivity index (χ0) is 23.2. The molecule has 2 aromatic rings. The van der Waals surface area contributed by atoms with Gasteiger partial charge in [-0.25, -0.2) is 0 Å². The first-order chi connectivity index (χ1) is 15.5. The molecule has 0 amide bonds. The fourth-order valence-corrected chi connectivity index (χ4v) is 3.42. The second-order valence-electron chi connectivity index (χ2n) is 7.97. The first kappa shape index (κ1) is 25.2. The minimum Gasteiger partial charge on any atom is -0.494 e. The largest absolute Gasteiger partial charge is 0.494 e. The van der Waals surface area contributed by atoms with Crippen LogP contribution in [0.25, 0.3) is 0 Å². The summed E-state index contributed by atoms with van der Waals surface area (Å²) in [6.45, 7) is 3.70. The molecule has 2 rings (SSSR count). The van der Waals surface area contributed by atoms with E-state index in [1.807, 2.05) is 33.7 Å². The average Bonchev–Trinajstić information content (AvgIpc) is 3.12. The fourth-order valence-electron chi connectivity index (χ4n) is 3.42. The van der Waals surface area contributed by atoms with E-state index in [1.165, 1.54) is 12.8 Å². The molecule has 0 radical (unpaired) electrons. The van der Waals surface area contributed by atoms with Crippen LogP contribution in [0, 0.1) is 16.2 Å². The van der Waals surface area contributed by atoms with Crippen LogP contribution in [0.5, 0.6) is 5.75 Å². The van der Waals surface area contributed by atoms with Gasteiger partial charge in [0.05, 0.1) is 13.2 Å². The Balaban J connectivity index is 1.55. The fraction of sp³-hybridized carbons (Fsp3) is 0.522. The zero-order valence-corrected chi connectivity index (χ0v) is 18.9. The van der Waals surface area contributed by atoms with Crippen LogP contribution in [-0.4, -0.2) is 40.5 Å². The molecule has 0 spiro atoms. The normalized spacial score (nSPS) is 10.9. The molecule has 1 heterocycles. The van der Waals surface area contributed by atoms with E-state index in [4.69, 9.17) is 32.4 Å². The number of imidazole rings is 1. The summed E-state index contributed by atoms with van der Waals surface area (Å²) in [5, 5.41) is 26.1. The number of rotatable bonds is 17. The summed E-state index contributed by atoms with van der Waals surface area (Å²) in [4.78, 5) is 0. The standard InChI is InChI=1S/C23H38N8O/c24-21(25)18-29-12-4-2-1-3-5-13-30-15-16-31(23(30)28)14-6-7-17-32-20-10-8-19(9-11-20)22(26)27/h8-11,15-16,28-29H,1-7,12-14,17-18H2,(H3,24,25)(H3,26,27). The Morgan fingerprint density at radius 2 is 1.44 bits per heavy atom. The number of unbranched alkanes of at least 4 members (excludes halogenated alkanes) is 5. The second kappa shape index (κ2) is 14.1. The highest BCUT2D eigenvalue weighted by atomic mass is 16.5. The van der Waals surface area contributed by atoms with Gasteiger partial charge in [0.25, 0.3) is 0 Å². The number of aromatic nitrogens is 2. The molecule has 0 saturated heterocycles. The van der Waals surface area contributed by atoms with E-state index in [0.29, 0.717) is 24.3 Å². The van der Waals surface area contributed by atoms with Crippen molar-refractivity contribution in [2.45, 2.75) is 58.0 Å². The van der Waals surface area contributed by atoms with Crippen LogP contribution in [0.1, 0.15) is 50.5 Å². The van der Waals surface area contributed by atoms with Gasteiger partial charge in [-0.15, -0.1) is 0 Å². The molecule has 8 N–H and O–H groups in total. The van der Waals surface area contributed by atoms with Gasteiger partial charge in [0.2, 0.25) is 5.62 Å². The quantitative estimate of drug-likeness (QED) is 0.126. The van der Waals surface area contributed by atoms with Crippen molar-refractivity contribution in [2.75, 3.05) is 19.7 Å². The summed E-state index contributed by atoms with van der Waals surface area (Å²) < 4.78 is 9.74. The topological polar surface area (TPSA) is 155 Å². The van der Waals surface area contributed by atoms with Crippen molar-refractivity contribution in [1.82, 2.24) is 14.5 Å². The number of hydrogen-bond donors (Lipinski definition) is 6. The van der Waals surface area contributed by atoms with E-state index in [-0.39, 0.29) is 11.7 Å². The third-order valence-corrected chi connectivity index (χ3v) is 5.27. The highest BCUT2D eigenvalue weighted by Gasteiger charge is 2.02. The molecule has 9 nitrogen and oxygen atoms in total. The van der Waals surface area contributed by atoms with Gasteiger partial charge in [-0.3, -0.25) is 16.2 Å². The van der Waals surface area contributed by atoms with Crippen molar-refractivity contribution in [2.24, 2.45) is 11.5 Å². The summed E-state index contributed by atoms with van der Waals surface area (Å²) in [6, 6.07) is 7.24. The Bertz CT molecular complexity index is 884. The van der Waals surface area contributed by atoms with Gasteiger partial charge in [0.15, 0.2) is 0 Å². The summed E-state index contributed by atoms with van der Waals surface area (Å²) >= 11 is 0. The average molecular weight is 443 g/mol. The minimum atomic E-state index is 0.0572. The molecule has 9 heteroatoms. The number of hydrogen-bond acceptors (Lipinski definition) is 5. The number of nitrogens with two attached hydrogens (primary N) is 2. The summed E-state index contributed by atoms with van der Waals surface area (Å²) in [6.07, 6.45) is 11.6. The Kier molecular flexibility index (Phi) is 11.1. The van der Waals surface area contributed by atoms with Gasteiger partial charge in [-0.05, 0) is 56.5 Å². The molecule has 0 aliphatic heterocycles. The molecule has 32 heavy (non-hydrogen) atoms. The monoisotopic (exact) mass is 442 g/mol. The molecular weight excluding hydrogens is 404 g/mol. The molecule has 0 fully saturated rings. The van der Waals surface area contributed by atoms with Crippen molar-refractivity contribution in [3.05, 3.63) is 47.8 Å². The van der Waals surface area contributed by atoms with E-state index in [9.17, 15) is 0 Å². The molecule has 0 aliphatic carbocycles. The Morgan fingerprint density at radius 3 is 2.06 bits per heavy atom. The smallest absolute Gasteiger partial charge is 0.202 e. The second-order valence-corrected chi connectivity index (χ2v) is 7.97. The molecule has 0 bridgehead atoms. The number of nitrogen functional groups attached to an aromatic ring is 1. The van der Waals surface area contributed by atoms with Crippen LogP contribution in [0.2, 0.25) is 0 Å². The van der Waals surface area contributed by atoms with E-state index in [2.05, 4.69) is 5.32 Å². The molecule has 1 aromatic carbocycles. The van der Waals surface area contributed by atoms with E-state index < -0.39 is 0 Å². The maximum atomic E-state index is 8.35. The lowest BCUT2D eigenvalue weighted by molar-refractivity contribution is 0.302. The molecular formula is C23H38N8O. The molecule has 1 aromatic heterocycles. The molecule has 0 unspecified atom stereocenters. The summed E-state index contributed by atoms with van der Waals surface area (Å²) in [5.41, 5.74) is 12.0. The van der Waals surface area contributed by atoms with Gasteiger partial charge in [0.1, 0.15) is 17.4 Å². The van der Waals surface area contributed by atoms with E-state index in [1.54, 1.807) is 12.1 Å². The molecule has 0 atom stereocenters. The van der Waals surface area contributed by atoms with Gasteiger partial charge < -0.3 is 30.7 Å². The van der Waals surface area contributed by atoms with Crippen molar-refractivity contribution in [1.29, 1.82) is 16.2 Å². The van der Waals surface area contributed by atoms with Gasteiger partial charge in [-0.1, -0.05) is 19.3 Å². The number of benzene rings is 1. The van der Waals surface area contributed by atoms with Gasteiger partial charge >= 0.3 is 0 Å². The van der Waals surface area contributed by atoms with E-state index >= 15 is 0 Å². The zero-order valence-electron chi connectivity index (χ0n) is 18.9. The van der Waals surface area contributed by atoms with Crippen molar-refractivity contribution in [3.8, 4) is 5.75 Å². The van der Waals surface area contributed by atoms with Crippen LogP contribution >= 0.6 is 0 Å². The number of nitrogens with zero attached hydrogens (tertiary/aromatic N) is 2. The van der Waals surface area contributed by atoms with Crippen LogP contribution in [-0.2, 0) is 13.1 Å². The van der Waals surface area contributed by atoms with Crippen LogP contribution in [0.15, 0.2) is 36.7 Å². The molecule has 0 saturated carbocycles. The maximum absolute atomic E-state index is 8.35. The predicted molar refractivity (Wildman–Crippen MR) is 128 cm³/mol. The maximum Gasteiger partial charge on any atom is 0.202 e. The Hall–Kier alpha value is -3.07. The first-order valence-corrected chi connectivity index (χ1v) is 11.4. The highest BCUT2D eigenvalue weighted by molar-refractivity contribution is 5.94. The number of ether oxygens (including phenoxy) is 1. The van der Waals surface area contributed by atoms with E-state index in [0.717, 1.165) is 57.5 Å². The number of nitrogens with one attached hydrogen (secondary N) is 4. The van der Waals surface area contributed by atoms with Crippen LogP contribution in [0.4, 0.5) is 0 Å². The minimum absolute atomic E-state index is 0.0572. The number of aryl methyl sites for hydroxylation is 2. The summed E-state index contributed by atoms with van der Waals surface area (Å²) in [5.74, 6) is 1.02. The lowest BCUT2D eigenvalue weighted by Gasteiger charge is -2.08. The third kappa shape index (κ3) is 9.38. The Morgan fingerprint density at radius 1 is 0.844 bits per heavy atom. The first-order valence-electron chi connectivity index (χ1n) is 11.4. The molecule has 0 aliphatic rings. The van der Waals surface area contributed by atoms with Crippen molar-refractivity contribution < 1.29 is 4.74 Å². The Labute approximate surface area is 190 Å². The van der Waals surface area contributed by atoms with Crippen LogP contribution in [0.3, 0.4) is 0 Å². The predicted octanol–water partition coefficient (Wildman–Crippen LogP) is 2.39. The third-order valence-electron chi connectivity index (χ3n) is 5.27.